The molecule has 0 aliphatic carbocycles. The van der Waals surface area contributed by atoms with Crippen molar-refractivity contribution in [2.75, 3.05) is 6.61 Å². The van der Waals surface area contributed by atoms with Crippen molar-refractivity contribution in [1.29, 1.82) is 0 Å². The van der Waals surface area contributed by atoms with Crippen LogP contribution >= 0.6 is 0 Å². The molecule has 0 fully saturated rings. The number of carboxylic acid groups (broad SMARTS) is 1. The number of aromatic amines is 1. The number of hydrogen-bond donors (Lipinski definition) is 2. The maximum Gasteiger partial charge on any atom is 0.359 e. The summed E-state index contributed by atoms with van der Waals surface area (Å²) in [6, 6.07) is 4.38. The highest BCUT2D eigenvalue weighted by atomic mass is 16.5. The van der Waals surface area contributed by atoms with Crippen molar-refractivity contribution in [2.45, 2.75) is 6.92 Å². The van der Waals surface area contributed by atoms with E-state index in [1.807, 2.05) is 0 Å². The number of nitrogens with zero attached hydrogens (tertiary/aromatic N) is 1. The number of H-pyrrole nitrogens is 1. The first-order chi connectivity index (χ1) is 8.13. The monoisotopic (exact) mass is 234 g/mol. The number of aromatic nitrogens is 2. The van der Waals surface area contributed by atoms with Gasteiger partial charge in [-0.05, 0) is 25.1 Å². The Balaban J connectivity index is 2.48. The van der Waals surface area contributed by atoms with Gasteiger partial charge in [0.15, 0.2) is 5.69 Å². The zero-order chi connectivity index (χ0) is 12.4. The highest BCUT2D eigenvalue weighted by Gasteiger charge is 2.16. The van der Waals surface area contributed by atoms with Crippen molar-refractivity contribution in [1.82, 2.24) is 10.2 Å². The molecule has 17 heavy (non-hydrogen) atoms. The highest BCUT2D eigenvalue weighted by molar-refractivity contribution is 6.03. The first-order valence-corrected chi connectivity index (χ1v) is 5.02. The zero-order valence-electron chi connectivity index (χ0n) is 9.06. The van der Waals surface area contributed by atoms with Crippen LogP contribution in [0.3, 0.4) is 0 Å². The fourth-order valence-electron chi connectivity index (χ4n) is 1.51. The van der Waals surface area contributed by atoms with E-state index < -0.39 is 11.9 Å². The Bertz CT molecular complexity index is 588. The molecule has 1 heterocycles. The van der Waals surface area contributed by atoms with E-state index in [0.29, 0.717) is 10.9 Å². The largest absolute Gasteiger partial charge is 0.478 e. The molecule has 0 saturated carbocycles. The maximum atomic E-state index is 11.5. The minimum absolute atomic E-state index is 0.136. The van der Waals surface area contributed by atoms with Crippen LogP contribution in [0.2, 0.25) is 0 Å². The molecular weight excluding hydrogens is 224 g/mol. The van der Waals surface area contributed by atoms with E-state index in [1.54, 1.807) is 6.92 Å². The van der Waals surface area contributed by atoms with Crippen molar-refractivity contribution < 1.29 is 19.4 Å². The van der Waals surface area contributed by atoms with E-state index in [2.05, 4.69) is 10.2 Å². The van der Waals surface area contributed by atoms with Gasteiger partial charge in [0, 0.05) is 5.39 Å². The normalized spacial score (nSPS) is 10.4. The number of carbonyl (C=O) groups is 2. The average molecular weight is 234 g/mol. The molecule has 6 nitrogen and oxygen atoms in total. The lowest BCUT2D eigenvalue weighted by atomic mass is 10.1. The van der Waals surface area contributed by atoms with E-state index in [1.165, 1.54) is 18.2 Å². The van der Waals surface area contributed by atoms with Gasteiger partial charge in [0.2, 0.25) is 0 Å². The van der Waals surface area contributed by atoms with Crippen LogP contribution in [0.15, 0.2) is 18.2 Å². The summed E-state index contributed by atoms with van der Waals surface area (Å²) in [7, 11) is 0. The van der Waals surface area contributed by atoms with Gasteiger partial charge in [-0.15, -0.1) is 0 Å². The van der Waals surface area contributed by atoms with Gasteiger partial charge in [-0.1, -0.05) is 0 Å². The van der Waals surface area contributed by atoms with Crippen LogP contribution in [0.25, 0.3) is 10.9 Å². The van der Waals surface area contributed by atoms with Crippen LogP contribution in [0.5, 0.6) is 0 Å². The molecule has 0 aliphatic rings. The van der Waals surface area contributed by atoms with Crippen LogP contribution in [0.4, 0.5) is 0 Å². The molecule has 0 saturated heterocycles. The summed E-state index contributed by atoms with van der Waals surface area (Å²) in [6.45, 7) is 1.97. The Hall–Kier alpha value is -2.37. The molecule has 2 aromatic rings. The quantitative estimate of drug-likeness (QED) is 0.784. The number of benzene rings is 1. The number of ether oxygens (including phenoxy) is 1. The van der Waals surface area contributed by atoms with Crippen molar-refractivity contribution in [3.8, 4) is 0 Å². The van der Waals surface area contributed by atoms with Crippen LogP contribution in [0, 0.1) is 0 Å². The third-order valence-corrected chi connectivity index (χ3v) is 2.28. The summed E-state index contributed by atoms with van der Waals surface area (Å²) < 4.78 is 4.83. The van der Waals surface area contributed by atoms with E-state index in [9.17, 15) is 9.59 Å². The lowest BCUT2D eigenvalue weighted by molar-refractivity contribution is 0.0521. The molecular formula is C11H10N2O4. The lowest BCUT2D eigenvalue weighted by Crippen LogP contribution is -2.05. The maximum absolute atomic E-state index is 11.5. The second-order valence-electron chi connectivity index (χ2n) is 3.36. The number of nitrogens with one attached hydrogen (secondary N) is 1. The van der Waals surface area contributed by atoms with Gasteiger partial charge in [0.1, 0.15) is 0 Å². The zero-order valence-corrected chi connectivity index (χ0v) is 9.06. The number of fused-ring (bicyclic) bond motifs is 1. The lowest BCUT2D eigenvalue weighted by Gasteiger charge is -1.98. The molecule has 1 aromatic heterocycles. The van der Waals surface area contributed by atoms with E-state index in [0.717, 1.165) is 0 Å². The summed E-state index contributed by atoms with van der Waals surface area (Å²) in [5.41, 5.74) is 0.795. The summed E-state index contributed by atoms with van der Waals surface area (Å²) >= 11 is 0. The van der Waals surface area contributed by atoms with Crippen LogP contribution in [-0.4, -0.2) is 33.8 Å². The molecule has 6 heteroatoms. The molecule has 0 amide bonds. The third kappa shape index (κ3) is 1.96. The molecule has 2 rings (SSSR count). The van der Waals surface area contributed by atoms with Gasteiger partial charge in [-0.2, -0.15) is 5.10 Å². The molecule has 88 valence electrons. The van der Waals surface area contributed by atoms with E-state index in [4.69, 9.17) is 9.84 Å². The third-order valence-electron chi connectivity index (χ3n) is 2.28. The summed E-state index contributed by atoms with van der Waals surface area (Å²) in [5.74, 6) is -1.55. The van der Waals surface area contributed by atoms with Crippen LogP contribution < -0.4 is 0 Å². The topological polar surface area (TPSA) is 92.3 Å². The minimum atomic E-state index is -1.03. The fraction of sp³-hybridized carbons (Fsp3) is 0.182. The van der Waals surface area contributed by atoms with Crippen molar-refractivity contribution in [2.24, 2.45) is 0 Å². The van der Waals surface area contributed by atoms with Gasteiger partial charge in [-0.3, -0.25) is 5.10 Å². The SMILES string of the molecule is CCOC(=O)c1n[nH]c2cc(C(=O)O)ccc12. The molecule has 0 aliphatic heterocycles. The molecule has 0 bridgehead atoms. The van der Waals surface area contributed by atoms with Gasteiger partial charge >= 0.3 is 11.9 Å². The summed E-state index contributed by atoms with van der Waals surface area (Å²) in [6.07, 6.45) is 0. The van der Waals surface area contributed by atoms with Crippen LogP contribution in [-0.2, 0) is 4.74 Å². The Labute approximate surface area is 96.2 Å². The Morgan fingerprint density at radius 2 is 2.24 bits per heavy atom. The number of aromatic carboxylic acids is 1. The molecule has 2 N–H and O–H groups in total. The number of hydrogen-bond acceptors (Lipinski definition) is 4. The van der Waals surface area contributed by atoms with E-state index in [-0.39, 0.29) is 17.9 Å². The second kappa shape index (κ2) is 4.25. The average Bonchev–Trinajstić information content (AvgIpc) is 2.71. The van der Waals surface area contributed by atoms with Crippen molar-refractivity contribution in [3.63, 3.8) is 0 Å². The highest BCUT2D eigenvalue weighted by Crippen LogP contribution is 2.18. The molecule has 0 spiro atoms. The predicted molar refractivity (Wildman–Crippen MR) is 59.0 cm³/mol. The standard InChI is InChI=1S/C11H10N2O4/c1-2-17-11(16)9-7-4-3-6(10(14)15)5-8(7)12-13-9/h3-5H,2H2,1H3,(H,12,13)(H,14,15). The summed E-state index contributed by atoms with van der Waals surface area (Å²) in [5, 5.41) is 15.8. The number of rotatable bonds is 3. The number of esters is 1. The van der Waals surface area contributed by atoms with Crippen molar-refractivity contribution in [3.05, 3.63) is 29.5 Å². The molecule has 1 aromatic carbocycles. The molecule has 0 atom stereocenters. The first kappa shape index (κ1) is 11.1. The first-order valence-electron chi connectivity index (χ1n) is 5.02. The van der Waals surface area contributed by atoms with Gasteiger partial charge in [-0.25, -0.2) is 9.59 Å². The smallest absolute Gasteiger partial charge is 0.359 e. The van der Waals surface area contributed by atoms with E-state index >= 15 is 0 Å². The predicted octanol–water partition coefficient (Wildman–Crippen LogP) is 1.44. The molecule has 0 unspecified atom stereocenters. The fourth-order valence-corrected chi connectivity index (χ4v) is 1.51. The summed E-state index contributed by atoms with van der Waals surface area (Å²) in [4.78, 5) is 22.3. The second-order valence-corrected chi connectivity index (χ2v) is 3.36. The Morgan fingerprint density at radius 1 is 1.47 bits per heavy atom. The molecule has 0 radical (unpaired) electrons. The number of carbonyl (C=O) groups excluding carboxylic acids is 1. The number of carboxylic acids is 1. The van der Waals surface area contributed by atoms with Gasteiger partial charge < -0.3 is 9.84 Å². The minimum Gasteiger partial charge on any atom is -0.478 e. The van der Waals surface area contributed by atoms with Gasteiger partial charge in [0.25, 0.3) is 0 Å². The van der Waals surface area contributed by atoms with Gasteiger partial charge in [0.05, 0.1) is 17.7 Å². The van der Waals surface area contributed by atoms with Crippen LogP contribution in [0.1, 0.15) is 27.8 Å². The Morgan fingerprint density at radius 3 is 2.88 bits per heavy atom. The van der Waals surface area contributed by atoms with Crippen molar-refractivity contribution >= 4 is 22.8 Å². The Kier molecular flexibility index (Phi) is 2.78.